The Morgan fingerprint density at radius 1 is 1.27 bits per heavy atom. The number of rotatable bonds is 1. The number of hydrogen-bond acceptors (Lipinski definition) is 5. The SMILES string of the molecule is Cn1nc(-c2cc3cc(O)c(F)cc3[nH]2)c2c(N)ncnc21. The monoisotopic (exact) mass is 298 g/mol. The molecule has 22 heavy (non-hydrogen) atoms. The van der Waals surface area contributed by atoms with Gasteiger partial charge >= 0.3 is 0 Å². The van der Waals surface area contributed by atoms with E-state index in [9.17, 15) is 9.50 Å². The number of nitrogens with zero attached hydrogens (tertiary/aromatic N) is 4. The molecule has 4 rings (SSSR count). The molecular formula is C14H11FN6O. The number of anilines is 1. The maximum absolute atomic E-state index is 13.5. The molecular weight excluding hydrogens is 287 g/mol. The first-order valence-corrected chi connectivity index (χ1v) is 6.49. The number of aromatic nitrogens is 5. The van der Waals surface area contributed by atoms with Gasteiger partial charge < -0.3 is 15.8 Å². The number of aromatic amines is 1. The number of nitrogens with one attached hydrogen (secondary N) is 1. The highest BCUT2D eigenvalue weighted by Gasteiger charge is 2.17. The zero-order valence-electron chi connectivity index (χ0n) is 11.5. The molecule has 0 aliphatic heterocycles. The van der Waals surface area contributed by atoms with Gasteiger partial charge in [0.15, 0.2) is 17.2 Å². The molecule has 0 spiro atoms. The summed E-state index contributed by atoms with van der Waals surface area (Å²) in [6.45, 7) is 0. The summed E-state index contributed by atoms with van der Waals surface area (Å²) in [5, 5.41) is 15.2. The van der Waals surface area contributed by atoms with Gasteiger partial charge in [-0.05, 0) is 12.1 Å². The van der Waals surface area contributed by atoms with Crippen LogP contribution >= 0.6 is 0 Å². The normalized spacial score (nSPS) is 11.5. The van der Waals surface area contributed by atoms with Gasteiger partial charge in [0, 0.05) is 24.0 Å². The number of fused-ring (bicyclic) bond motifs is 2. The molecule has 1 aromatic carbocycles. The van der Waals surface area contributed by atoms with Gasteiger partial charge in [-0.15, -0.1) is 0 Å². The third kappa shape index (κ3) is 1.63. The third-order valence-corrected chi connectivity index (χ3v) is 3.59. The van der Waals surface area contributed by atoms with Gasteiger partial charge in [-0.1, -0.05) is 0 Å². The van der Waals surface area contributed by atoms with Crippen LogP contribution in [0.3, 0.4) is 0 Å². The first kappa shape index (κ1) is 12.6. The van der Waals surface area contributed by atoms with E-state index in [-0.39, 0.29) is 0 Å². The smallest absolute Gasteiger partial charge is 0.166 e. The molecule has 0 amide bonds. The fourth-order valence-electron chi connectivity index (χ4n) is 2.57. The van der Waals surface area contributed by atoms with E-state index in [0.717, 1.165) is 0 Å². The highest BCUT2D eigenvalue weighted by Crippen LogP contribution is 2.32. The van der Waals surface area contributed by atoms with Crippen molar-refractivity contribution in [2.45, 2.75) is 0 Å². The van der Waals surface area contributed by atoms with Crippen molar-refractivity contribution in [1.82, 2.24) is 24.7 Å². The first-order chi connectivity index (χ1) is 10.5. The topological polar surface area (TPSA) is 106 Å². The predicted octanol–water partition coefficient (Wildman–Crippen LogP) is 1.94. The minimum Gasteiger partial charge on any atom is -0.505 e. The van der Waals surface area contributed by atoms with Crippen molar-refractivity contribution in [3.63, 3.8) is 0 Å². The average Bonchev–Trinajstić information content (AvgIpc) is 3.02. The van der Waals surface area contributed by atoms with Crippen molar-refractivity contribution < 1.29 is 9.50 Å². The van der Waals surface area contributed by atoms with Crippen LogP contribution in [0.25, 0.3) is 33.3 Å². The summed E-state index contributed by atoms with van der Waals surface area (Å²) in [5.74, 6) is -0.762. The van der Waals surface area contributed by atoms with Gasteiger partial charge in [0.25, 0.3) is 0 Å². The Morgan fingerprint density at radius 3 is 2.91 bits per heavy atom. The summed E-state index contributed by atoms with van der Waals surface area (Å²) >= 11 is 0. The van der Waals surface area contributed by atoms with E-state index >= 15 is 0 Å². The van der Waals surface area contributed by atoms with Crippen LogP contribution in [0.2, 0.25) is 0 Å². The molecule has 7 nitrogen and oxygen atoms in total. The van der Waals surface area contributed by atoms with Crippen molar-refractivity contribution >= 4 is 27.8 Å². The van der Waals surface area contributed by atoms with Gasteiger partial charge in [-0.3, -0.25) is 0 Å². The van der Waals surface area contributed by atoms with Crippen LogP contribution in [-0.4, -0.2) is 29.8 Å². The first-order valence-electron chi connectivity index (χ1n) is 6.49. The minimum atomic E-state index is -0.686. The number of aryl methyl sites for hydroxylation is 1. The molecule has 0 saturated heterocycles. The number of aromatic hydroxyl groups is 1. The lowest BCUT2D eigenvalue weighted by Gasteiger charge is -1.96. The predicted molar refractivity (Wildman–Crippen MR) is 79.6 cm³/mol. The summed E-state index contributed by atoms with van der Waals surface area (Å²) in [5.41, 5.74) is 8.31. The maximum atomic E-state index is 13.5. The fourth-order valence-corrected chi connectivity index (χ4v) is 2.57. The molecule has 4 aromatic rings. The Bertz CT molecular complexity index is 996. The van der Waals surface area contributed by atoms with E-state index < -0.39 is 11.6 Å². The van der Waals surface area contributed by atoms with Gasteiger partial charge in [0.2, 0.25) is 0 Å². The molecule has 8 heteroatoms. The summed E-state index contributed by atoms with van der Waals surface area (Å²) in [7, 11) is 1.76. The molecule has 0 aliphatic rings. The van der Waals surface area contributed by atoms with E-state index in [0.29, 0.717) is 39.1 Å². The van der Waals surface area contributed by atoms with Crippen molar-refractivity contribution in [2.24, 2.45) is 7.05 Å². The van der Waals surface area contributed by atoms with Gasteiger partial charge in [0.05, 0.1) is 11.1 Å². The zero-order chi connectivity index (χ0) is 15.4. The summed E-state index contributed by atoms with van der Waals surface area (Å²) in [4.78, 5) is 11.2. The Balaban J connectivity index is 2.03. The molecule has 0 saturated carbocycles. The maximum Gasteiger partial charge on any atom is 0.166 e. The lowest BCUT2D eigenvalue weighted by Crippen LogP contribution is -1.95. The average molecular weight is 298 g/mol. The van der Waals surface area contributed by atoms with E-state index in [1.165, 1.54) is 18.5 Å². The van der Waals surface area contributed by atoms with Crippen LogP contribution in [-0.2, 0) is 7.05 Å². The van der Waals surface area contributed by atoms with Crippen LogP contribution < -0.4 is 5.73 Å². The Hall–Kier alpha value is -3.16. The number of nitrogens with two attached hydrogens (primary N) is 1. The quantitative estimate of drug-likeness (QED) is 0.498. The molecule has 0 aliphatic carbocycles. The number of hydrogen-bond donors (Lipinski definition) is 3. The van der Waals surface area contributed by atoms with Gasteiger partial charge in [-0.2, -0.15) is 5.10 Å². The van der Waals surface area contributed by atoms with E-state index in [2.05, 4.69) is 20.1 Å². The molecule has 0 unspecified atom stereocenters. The second-order valence-electron chi connectivity index (χ2n) is 5.00. The molecule has 110 valence electrons. The molecule has 0 atom stereocenters. The Labute approximate surface area is 123 Å². The summed E-state index contributed by atoms with van der Waals surface area (Å²) in [6, 6.07) is 4.36. The van der Waals surface area contributed by atoms with Crippen LogP contribution in [0, 0.1) is 5.82 Å². The third-order valence-electron chi connectivity index (χ3n) is 3.59. The number of phenols is 1. The number of nitrogen functional groups attached to an aromatic ring is 1. The van der Waals surface area contributed by atoms with E-state index in [1.54, 1.807) is 17.8 Å². The number of phenolic OH excluding ortho intramolecular Hbond substituents is 1. The Kier molecular flexibility index (Phi) is 2.38. The standard InChI is InChI=1S/C14H11FN6O/c1-21-14-11(13(16)17-5-18-14)12(20-21)9-2-6-3-10(22)7(15)4-8(6)19-9/h2-5,19,22H,1H3,(H2,16,17,18). The second kappa shape index (κ2) is 4.17. The van der Waals surface area contributed by atoms with E-state index in [1.807, 2.05) is 0 Å². The number of benzene rings is 1. The lowest BCUT2D eigenvalue weighted by molar-refractivity contribution is 0.433. The Morgan fingerprint density at radius 2 is 2.09 bits per heavy atom. The van der Waals surface area contributed by atoms with Crippen molar-refractivity contribution in [3.05, 3.63) is 30.3 Å². The van der Waals surface area contributed by atoms with Gasteiger partial charge in [0.1, 0.15) is 17.8 Å². The molecule has 3 aromatic heterocycles. The summed E-state index contributed by atoms with van der Waals surface area (Å²) in [6.07, 6.45) is 1.38. The number of H-pyrrole nitrogens is 1. The zero-order valence-corrected chi connectivity index (χ0v) is 11.5. The number of halogens is 1. The van der Waals surface area contributed by atoms with Gasteiger partial charge in [-0.25, -0.2) is 19.0 Å². The van der Waals surface area contributed by atoms with Crippen LogP contribution in [0.15, 0.2) is 24.5 Å². The molecule has 0 bridgehead atoms. The largest absolute Gasteiger partial charge is 0.505 e. The van der Waals surface area contributed by atoms with Crippen LogP contribution in [0.5, 0.6) is 5.75 Å². The van der Waals surface area contributed by atoms with Crippen molar-refractivity contribution in [1.29, 1.82) is 0 Å². The summed E-state index contributed by atoms with van der Waals surface area (Å²) < 4.78 is 15.1. The molecule has 4 N–H and O–H groups in total. The highest BCUT2D eigenvalue weighted by atomic mass is 19.1. The van der Waals surface area contributed by atoms with Crippen LogP contribution in [0.4, 0.5) is 10.2 Å². The van der Waals surface area contributed by atoms with Crippen molar-refractivity contribution in [2.75, 3.05) is 5.73 Å². The minimum absolute atomic E-state index is 0.320. The molecule has 0 radical (unpaired) electrons. The fraction of sp³-hybridized carbons (Fsp3) is 0.0714. The second-order valence-corrected chi connectivity index (χ2v) is 5.00. The van der Waals surface area contributed by atoms with E-state index in [4.69, 9.17) is 5.73 Å². The lowest BCUT2D eigenvalue weighted by atomic mass is 10.2. The van der Waals surface area contributed by atoms with Crippen molar-refractivity contribution in [3.8, 4) is 17.1 Å². The van der Waals surface area contributed by atoms with Crippen LogP contribution in [0.1, 0.15) is 0 Å². The highest BCUT2D eigenvalue weighted by molar-refractivity contribution is 5.99. The molecule has 0 fully saturated rings. The molecule has 3 heterocycles.